The molecule has 5 nitrogen and oxygen atoms in total. The summed E-state index contributed by atoms with van der Waals surface area (Å²) in [4.78, 5) is 4.27. The second-order valence-corrected chi connectivity index (χ2v) is 5.37. The van der Waals surface area contributed by atoms with Crippen LogP contribution in [0.3, 0.4) is 0 Å². The van der Waals surface area contributed by atoms with Crippen LogP contribution in [0.2, 0.25) is 0 Å². The number of nitrogens with two attached hydrogens (primary N) is 1. The first kappa shape index (κ1) is 14.1. The van der Waals surface area contributed by atoms with Crippen molar-refractivity contribution >= 4 is 0 Å². The Labute approximate surface area is 103 Å². The summed E-state index contributed by atoms with van der Waals surface area (Å²) in [6, 6.07) is -0.0948. The van der Waals surface area contributed by atoms with Gasteiger partial charge in [0.1, 0.15) is 12.2 Å². The highest BCUT2D eigenvalue weighted by Gasteiger charge is 2.27. The first-order chi connectivity index (χ1) is 7.86. The summed E-state index contributed by atoms with van der Waals surface area (Å²) in [5.41, 5.74) is 5.79. The fraction of sp³-hybridized carbons (Fsp3) is 0.833. The van der Waals surface area contributed by atoms with E-state index in [0.29, 0.717) is 12.3 Å². The van der Waals surface area contributed by atoms with Gasteiger partial charge in [-0.25, -0.2) is 9.67 Å². The quantitative estimate of drug-likeness (QED) is 0.812. The maximum atomic E-state index is 6.15. The summed E-state index contributed by atoms with van der Waals surface area (Å²) in [5, 5.41) is 4.23. The number of hydrogen-bond acceptors (Lipinski definition) is 4. The van der Waals surface area contributed by atoms with E-state index in [-0.39, 0.29) is 11.6 Å². The Morgan fingerprint density at radius 1 is 1.47 bits per heavy atom. The molecule has 0 fully saturated rings. The van der Waals surface area contributed by atoms with Gasteiger partial charge < -0.3 is 10.5 Å². The van der Waals surface area contributed by atoms with Gasteiger partial charge in [0, 0.05) is 26.1 Å². The first-order valence-electron chi connectivity index (χ1n) is 6.04. The minimum atomic E-state index is -0.353. The third-order valence-corrected chi connectivity index (χ3v) is 3.06. The minimum Gasteiger partial charge on any atom is -0.377 e. The number of hydrogen-bond donors (Lipinski definition) is 1. The first-order valence-corrected chi connectivity index (χ1v) is 6.04. The Balaban J connectivity index is 2.72. The normalized spacial score (nSPS) is 14.3. The largest absolute Gasteiger partial charge is 0.377 e. The molecule has 0 spiro atoms. The minimum absolute atomic E-state index is 0.0948. The zero-order chi connectivity index (χ0) is 13.1. The zero-order valence-corrected chi connectivity index (χ0v) is 11.5. The van der Waals surface area contributed by atoms with E-state index < -0.39 is 0 Å². The maximum absolute atomic E-state index is 6.15. The lowest BCUT2D eigenvalue weighted by molar-refractivity contribution is 0.0000716. The Bertz CT molecular complexity index is 346. The highest BCUT2D eigenvalue weighted by molar-refractivity contribution is 4.95. The van der Waals surface area contributed by atoms with E-state index in [4.69, 9.17) is 10.5 Å². The van der Waals surface area contributed by atoms with Crippen LogP contribution in [0.4, 0.5) is 0 Å². The molecule has 1 atom stereocenters. The molecule has 0 aliphatic rings. The Morgan fingerprint density at radius 2 is 2.12 bits per heavy atom. The summed E-state index contributed by atoms with van der Waals surface area (Å²) in [5.74, 6) is 1.47. The highest BCUT2D eigenvalue weighted by atomic mass is 16.5. The Hall–Kier alpha value is -0.940. The molecule has 1 aromatic heterocycles. The molecule has 17 heavy (non-hydrogen) atoms. The van der Waals surface area contributed by atoms with Gasteiger partial charge >= 0.3 is 0 Å². The summed E-state index contributed by atoms with van der Waals surface area (Å²) in [6.45, 7) is 9.16. The van der Waals surface area contributed by atoms with Gasteiger partial charge in [-0.3, -0.25) is 0 Å². The molecule has 0 aromatic carbocycles. The number of aromatic nitrogens is 3. The average Bonchev–Trinajstić information content (AvgIpc) is 2.64. The van der Waals surface area contributed by atoms with Crippen molar-refractivity contribution in [1.29, 1.82) is 0 Å². The topological polar surface area (TPSA) is 66.0 Å². The van der Waals surface area contributed by atoms with Crippen molar-refractivity contribution in [1.82, 2.24) is 14.8 Å². The van der Waals surface area contributed by atoms with Gasteiger partial charge in [0.25, 0.3) is 0 Å². The predicted molar refractivity (Wildman–Crippen MR) is 67.6 cm³/mol. The molecule has 0 saturated carbocycles. The average molecular weight is 240 g/mol. The van der Waals surface area contributed by atoms with Gasteiger partial charge in [-0.15, -0.1) is 0 Å². The SMILES string of the molecule is COC(C)(C)C(N)Cc1ncnn1CC(C)C. The number of ether oxygens (including phenoxy) is 1. The molecule has 0 aliphatic heterocycles. The van der Waals surface area contributed by atoms with Gasteiger partial charge in [-0.1, -0.05) is 13.8 Å². The smallest absolute Gasteiger partial charge is 0.138 e. The summed E-state index contributed by atoms with van der Waals surface area (Å²) in [6.07, 6.45) is 2.26. The van der Waals surface area contributed by atoms with Crippen molar-refractivity contribution in [3.05, 3.63) is 12.2 Å². The van der Waals surface area contributed by atoms with Crippen molar-refractivity contribution in [2.24, 2.45) is 11.7 Å². The van der Waals surface area contributed by atoms with Crippen LogP contribution in [0.1, 0.15) is 33.5 Å². The highest BCUT2D eigenvalue weighted by Crippen LogP contribution is 2.15. The lowest BCUT2D eigenvalue weighted by Gasteiger charge is -2.29. The molecule has 0 aliphatic carbocycles. The van der Waals surface area contributed by atoms with E-state index in [9.17, 15) is 0 Å². The molecule has 0 saturated heterocycles. The van der Waals surface area contributed by atoms with Crippen LogP contribution in [0.5, 0.6) is 0 Å². The van der Waals surface area contributed by atoms with Crippen LogP contribution in [-0.2, 0) is 17.7 Å². The molecule has 0 radical (unpaired) electrons. The molecule has 1 rings (SSSR count). The van der Waals surface area contributed by atoms with E-state index >= 15 is 0 Å². The fourth-order valence-electron chi connectivity index (χ4n) is 1.54. The van der Waals surface area contributed by atoms with E-state index in [2.05, 4.69) is 23.9 Å². The van der Waals surface area contributed by atoms with Crippen LogP contribution in [0.15, 0.2) is 6.33 Å². The second-order valence-electron chi connectivity index (χ2n) is 5.37. The van der Waals surface area contributed by atoms with Crippen molar-refractivity contribution in [2.45, 2.75) is 52.3 Å². The number of methoxy groups -OCH3 is 1. The van der Waals surface area contributed by atoms with Crippen LogP contribution in [0.25, 0.3) is 0 Å². The Kier molecular flexibility index (Phi) is 4.65. The van der Waals surface area contributed by atoms with Crippen LogP contribution in [0, 0.1) is 5.92 Å². The van der Waals surface area contributed by atoms with Gasteiger partial charge in [0.2, 0.25) is 0 Å². The van der Waals surface area contributed by atoms with E-state index in [0.717, 1.165) is 12.4 Å². The van der Waals surface area contributed by atoms with Gasteiger partial charge in [0.15, 0.2) is 0 Å². The summed E-state index contributed by atoms with van der Waals surface area (Å²) in [7, 11) is 1.68. The molecule has 0 amide bonds. The van der Waals surface area contributed by atoms with Crippen LogP contribution in [-0.4, -0.2) is 33.5 Å². The molecule has 5 heteroatoms. The molecule has 2 N–H and O–H groups in total. The maximum Gasteiger partial charge on any atom is 0.138 e. The molecule has 1 unspecified atom stereocenters. The zero-order valence-electron chi connectivity index (χ0n) is 11.5. The third kappa shape index (κ3) is 3.78. The van der Waals surface area contributed by atoms with E-state index in [1.165, 1.54) is 0 Å². The van der Waals surface area contributed by atoms with E-state index in [1.54, 1.807) is 13.4 Å². The van der Waals surface area contributed by atoms with Gasteiger partial charge in [-0.2, -0.15) is 5.10 Å². The van der Waals surface area contributed by atoms with Crippen molar-refractivity contribution in [2.75, 3.05) is 7.11 Å². The second kappa shape index (κ2) is 5.60. The molecule has 1 heterocycles. The number of rotatable bonds is 6. The lowest BCUT2D eigenvalue weighted by atomic mass is 9.96. The molecule has 0 bridgehead atoms. The molecule has 1 aromatic rings. The van der Waals surface area contributed by atoms with E-state index in [1.807, 2.05) is 18.5 Å². The van der Waals surface area contributed by atoms with Crippen molar-refractivity contribution in [3.63, 3.8) is 0 Å². The van der Waals surface area contributed by atoms with Crippen molar-refractivity contribution < 1.29 is 4.74 Å². The van der Waals surface area contributed by atoms with Crippen molar-refractivity contribution in [3.8, 4) is 0 Å². The summed E-state index contributed by atoms with van der Waals surface area (Å²) < 4.78 is 7.31. The van der Waals surface area contributed by atoms with Crippen LogP contribution < -0.4 is 5.73 Å². The Morgan fingerprint density at radius 3 is 2.65 bits per heavy atom. The standard InChI is InChI=1S/C12H24N4O/c1-9(2)7-16-11(14-8-15-16)6-10(13)12(3,4)17-5/h8-10H,6-7,13H2,1-5H3. The van der Waals surface area contributed by atoms with Gasteiger partial charge in [-0.05, 0) is 19.8 Å². The fourth-order valence-corrected chi connectivity index (χ4v) is 1.54. The monoisotopic (exact) mass is 240 g/mol. The number of nitrogens with zero attached hydrogens (tertiary/aromatic N) is 3. The molecule has 98 valence electrons. The van der Waals surface area contributed by atoms with Crippen LogP contribution >= 0.6 is 0 Å². The van der Waals surface area contributed by atoms with Gasteiger partial charge in [0.05, 0.1) is 5.60 Å². The predicted octanol–water partition coefficient (Wildman–Crippen LogP) is 1.23. The lowest BCUT2D eigenvalue weighted by Crippen LogP contribution is -2.46. The molecular weight excluding hydrogens is 216 g/mol. The third-order valence-electron chi connectivity index (χ3n) is 3.06. The molecular formula is C12H24N4O. The summed E-state index contributed by atoms with van der Waals surface area (Å²) >= 11 is 0.